The molecule has 0 atom stereocenters. The van der Waals surface area contributed by atoms with Gasteiger partial charge >= 0.3 is 0 Å². The summed E-state index contributed by atoms with van der Waals surface area (Å²) in [6.07, 6.45) is 1.47. The van der Waals surface area contributed by atoms with Crippen LogP contribution in [0.1, 0.15) is 41.0 Å². The molecule has 2 aromatic rings. The molecule has 0 fully saturated rings. The van der Waals surface area contributed by atoms with Gasteiger partial charge in [-0.2, -0.15) is 5.26 Å². The highest BCUT2D eigenvalue weighted by atomic mass is 14.2. The van der Waals surface area contributed by atoms with Crippen molar-refractivity contribution in [2.45, 2.75) is 32.6 Å². The number of benzene rings is 2. The van der Waals surface area contributed by atoms with Gasteiger partial charge in [0.15, 0.2) is 0 Å². The van der Waals surface area contributed by atoms with Gasteiger partial charge < -0.3 is 0 Å². The first kappa shape index (κ1) is 13.4. The second kappa shape index (κ2) is 6.20. The van der Waals surface area contributed by atoms with Gasteiger partial charge in [-0.25, -0.2) is 0 Å². The molecule has 2 rings (SSSR count). The molecular weight excluding hydrogens is 230 g/mol. The molecule has 0 saturated heterocycles. The molecule has 0 spiro atoms. The molecule has 0 unspecified atom stereocenters. The molecule has 96 valence electrons. The van der Waals surface area contributed by atoms with Gasteiger partial charge in [-0.1, -0.05) is 59.7 Å². The zero-order chi connectivity index (χ0) is 13.7. The Bertz CT molecular complexity index is 513. The quantitative estimate of drug-likeness (QED) is 0.767. The number of nitrogens with zero attached hydrogens (tertiary/aromatic N) is 1. The van der Waals surface area contributed by atoms with Crippen molar-refractivity contribution >= 4 is 0 Å². The maximum atomic E-state index is 8.85. The summed E-state index contributed by atoms with van der Waals surface area (Å²) in [5.41, 5.74) is 5.13. The van der Waals surface area contributed by atoms with Gasteiger partial charge in [0, 0.05) is 12.3 Å². The second-order valence-corrected chi connectivity index (χ2v) is 5.07. The van der Waals surface area contributed by atoms with E-state index in [9.17, 15) is 0 Å². The van der Waals surface area contributed by atoms with Crippen LogP contribution in [0.3, 0.4) is 0 Å². The van der Waals surface area contributed by atoms with E-state index in [4.69, 9.17) is 5.26 Å². The Hall–Kier alpha value is -2.07. The number of rotatable bonds is 4. The van der Waals surface area contributed by atoms with E-state index in [0.717, 1.165) is 6.42 Å². The van der Waals surface area contributed by atoms with Crippen LogP contribution in [0, 0.1) is 25.2 Å². The molecule has 0 amide bonds. The van der Waals surface area contributed by atoms with Crippen LogP contribution in [0.5, 0.6) is 0 Å². The molecule has 0 radical (unpaired) electrons. The smallest absolute Gasteiger partial charge is 0.0622 e. The van der Waals surface area contributed by atoms with E-state index < -0.39 is 0 Å². The lowest BCUT2D eigenvalue weighted by Crippen LogP contribution is -2.01. The van der Waals surface area contributed by atoms with Crippen molar-refractivity contribution in [3.05, 3.63) is 70.8 Å². The Morgan fingerprint density at radius 1 is 0.842 bits per heavy atom. The number of aryl methyl sites for hydroxylation is 2. The summed E-state index contributed by atoms with van der Waals surface area (Å²) in [7, 11) is 0. The Balaban J connectivity index is 2.32. The lowest BCUT2D eigenvalue weighted by molar-refractivity contribution is 0.733. The van der Waals surface area contributed by atoms with Crippen LogP contribution in [-0.4, -0.2) is 0 Å². The summed E-state index contributed by atoms with van der Waals surface area (Å²) in [5, 5.41) is 8.85. The molecule has 0 saturated carbocycles. The Labute approximate surface area is 115 Å². The van der Waals surface area contributed by atoms with Gasteiger partial charge in [0.2, 0.25) is 0 Å². The van der Waals surface area contributed by atoms with Crippen LogP contribution >= 0.6 is 0 Å². The highest BCUT2D eigenvalue weighted by molar-refractivity contribution is 5.35. The van der Waals surface area contributed by atoms with Crippen LogP contribution in [0.25, 0.3) is 0 Å². The normalized spacial score (nSPS) is 10.4. The molecule has 0 aliphatic rings. The van der Waals surface area contributed by atoms with Gasteiger partial charge in [0.05, 0.1) is 6.07 Å². The van der Waals surface area contributed by atoms with Gasteiger partial charge in [-0.15, -0.1) is 0 Å². The fourth-order valence-corrected chi connectivity index (χ4v) is 2.33. The average Bonchev–Trinajstić information content (AvgIpc) is 2.43. The van der Waals surface area contributed by atoms with Crippen LogP contribution in [-0.2, 0) is 0 Å². The summed E-state index contributed by atoms with van der Waals surface area (Å²) < 4.78 is 0. The summed E-state index contributed by atoms with van der Waals surface area (Å²) in [6.45, 7) is 4.19. The predicted octanol–water partition coefficient (Wildman–Crippen LogP) is 4.74. The fourth-order valence-electron chi connectivity index (χ4n) is 2.33. The van der Waals surface area contributed by atoms with E-state index in [1.165, 1.54) is 22.3 Å². The molecule has 1 nitrogen and oxygen atoms in total. The third-order valence-electron chi connectivity index (χ3n) is 3.50. The number of hydrogen-bond donors (Lipinski definition) is 0. The molecule has 19 heavy (non-hydrogen) atoms. The van der Waals surface area contributed by atoms with Gasteiger partial charge in [-0.05, 0) is 31.4 Å². The van der Waals surface area contributed by atoms with Gasteiger partial charge in [0.25, 0.3) is 0 Å². The zero-order valence-corrected chi connectivity index (χ0v) is 11.6. The van der Waals surface area contributed by atoms with Crippen LogP contribution in [0.15, 0.2) is 48.5 Å². The van der Waals surface area contributed by atoms with Crippen molar-refractivity contribution in [1.82, 2.24) is 0 Å². The summed E-state index contributed by atoms with van der Waals surface area (Å²) in [6, 6.07) is 19.5. The first-order valence-corrected chi connectivity index (χ1v) is 6.71. The van der Waals surface area contributed by atoms with Gasteiger partial charge in [-0.3, -0.25) is 0 Å². The van der Waals surface area contributed by atoms with Crippen molar-refractivity contribution in [2.75, 3.05) is 0 Å². The second-order valence-electron chi connectivity index (χ2n) is 5.07. The first-order valence-electron chi connectivity index (χ1n) is 6.71. The van der Waals surface area contributed by atoms with Crippen molar-refractivity contribution in [2.24, 2.45) is 0 Å². The Morgan fingerprint density at radius 2 is 1.26 bits per heavy atom. The van der Waals surface area contributed by atoms with E-state index in [-0.39, 0.29) is 0 Å². The van der Waals surface area contributed by atoms with Crippen molar-refractivity contribution in [3.8, 4) is 6.07 Å². The van der Waals surface area contributed by atoms with Crippen LogP contribution < -0.4 is 0 Å². The molecular formula is C18H19N. The SMILES string of the molecule is Cc1ccc(C(CCC#N)c2ccc(C)cc2)cc1. The minimum absolute atomic E-state index is 0.320. The standard InChI is InChI=1S/C18H19N/c1-14-5-9-16(10-6-14)18(4-3-13-19)17-11-7-15(2)8-12-17/h5-12,18H,3-4H2,1-2H3. The minimum Gasteiger partial charge on any atom is -0.198 e. The maximum absolute atomic E-state index is 8.85. The largest absolute Gasteiger partial charge is 0.198 e. The zero-order valence-electron chi connectivity index (χ0n) is 11.6. The monoisotopic (exact) mass is 249 g/mol. The molecule has 2 aromatic carbocycles. The molecule has 0 aliphatic heterocycles. The minimum atomic E-state index is 0.320. The Kier molecular flexibility index (Phi) is 4.36. The summed E-state index contributed by atoms with van der Waals surface area (Å²) >= 11 is 0. The first-order chi connectivity index (χ1) is 9.20. The highest BCUT2D eigenvalue weighted by Crippen LogP contribution is 2.29. The molecule has 0 heterocycles. The molecule has 0 N–H and O–H groups in total. The summed E-state index contributed by atoms with van der Waals surface area (Å²) in [5.74, 6) is 0.320. The number of nitriles is 1. The predicted molar refractivity (Wildman–Crippen MR) is 79.0 cm³/mol. The van der Waals surface area contributed by atoms with E-state index in [1.54, 1.807) is 0 Å². The van der Waals surface area contributed by atoms with Crippen molar-refractivity contribution in [1.29, 1.82) is 5.26 Å². The van der Waals surface area contributed by atoms with E-state index >= 15 is 0 Å². The van der Waals surface area contributed by atoms with Crippen molar-refractivity contribution in [3.63, 3.8) is 0 Å². The topological polar surface area (TPSA) is 23.8 Å². The van der Waals surface area contributed by atoms with E-state index in [0.29, 0.717) is 12.3 Å². The van der Waals surface area contributed by atoms with Crippen LogP contribution in [0.4, 0.5) is 0 Å². The molecule has 1 heteroatoms. The maximum Gasteiger partial charge on any atom is 0.0622 e. The molecule has 0 bridgehead atoms. The lowest BCUT2D eigenvalue weighted by atomic mass is 9.87. The third kappa shape index (κ3) is 3.45. The van der Waals surface area contributed by atoms with Crippen LogP contribution in [0.2, 0.25) is 0 Å². The Morgan fingerprint density at radius 3 is 1.63 bits per heavy atom. The lowest BCUT2D eigenvalue weighted by Gasteiger charge is -2.17. The molecule has 0 aromatic heterocycles. The van der Waals surface area contributed by atoms with Gasteiger partial charge in [0.1, 0.15) is 0 Å². The number of hydrogen-bond acceptors (Lipinski definition) is 1. The summed E-state index contributed by atoms with van der Waals surface area (Å²) in [4.78, 5) is 0. The fraction of sp³-hybridized carbons (Fsp3) is 0.278. The van der Waals surface area contributed by atoms with E-state index in [2.05, 4.69) is 68.4 Å². The third-order valence-corrected chi connectivity index (χ3v) is 3.50. The molecule has 0 aliphatic carbocycles. The highest BCUT2D eigenvalue weighted by Gasteiger charge is 2.13. The van der Waals surface area contributed by atoms with Crippen molar-refractivity contribution < 1.29 is 0 Å². The van der Waals surface area contributed by atoms with E-state index in [1.807, 2.05) is 0 Å². The average molecular weight is 249 g/mol.